The average Bonchev–Trinajstić information content (AvgIpc) is 2.60. The molecule has 0 unspecified atom stereocenters. The first-order chi connectivity index (χ1) is 11.3. The van der Waals surface area contributed by atoms with Gasteiger partial charge in [-0.1, -0.05) is 12.1 Å². The number of methoxy groups -OCH3 is 1. The SMILES string of the molecule is COc1ccc(S(=O)(=O)N(C)C(=O)CCc2ccc(F)cc2)cc1. The maximum absolute atomic E-state index is 12.8. The van der Waals surface area contributed by atoms with Gasteiger partial charge in [0.15, 0.2) is 0 Å². The molecule has 0 fully saturated rings. The molecule has 0 aliphatic heterocycles. The highest BCUT2D eigenvalue weighted by Crippen LogP contribution is 2.19. The Morgan fingerprint density at radius 1 is 1.08 bits per heavy atom. The summed E-state index contributed by atoms with van der Waals surface area (Å²) < 4.78 is 43.5. The molecule has 0 atom stereocenters. The molecule has 128 valence electrons. The predicted molar refractivity (Wildman–Crippen MR) is 87.7 cm³/mol. The van der Waals surface area contributed by atoms with Crippen molar-refractivity contribution >= 4 is 15.9 Å². The summed E-state index contributed by atoms with van der Waals surface area (Å²) >= 11 is 0. The molecule has 0 aromatic heterocycles. The molecule has 5 nitrogen and oxygen atoms in total. The molecule has 0 aliphatic rings. The zero-order valence-electron chi connectivity index (χ0n) is 13.4. The van der Waals surface area contributed by atoms with E-state index in [1.54, 1.807) is 12.1 Å². The molecule has 2 rings (SSSR count). The number of amides is 1. The monoisotopic (exact) mass is 351 g/mol. The number of hydrogen-bond donors (Lipinski definition) is 0. The molecule has 0 aliphatic carbocycles. The van der Waals surface area contributed by atoms with E-state index in [-0.39, 0.29) is 17.1 Å². The molecule has 0 heterocycles. The van der Waals surface area contributed by atoms with Gasteiger partial charge in [0.1, 0.15) is 11.6 Å². The van der Waals surface area contributed by atoms with Gasteiger partial charge in [-0.15, -0.1) is 0 Å². The molecule has 2 aromatic rings. The summed E-state index contributed by atoms with van der Waals surface area (Å²) in [6.07, 6.45) is 0.346. The zero-order chi connectivity index (χ0) is 17.7. The Balaban J connectivity index is 2.06. The molecule has 0 N–H and O–H groups in total. The number of nitrogens with zero attached hydrogens (tertiary/aromatic N) is 1. The van der Waals surface area contributed by atoms with Crippen LogP contribution >= 0.6 is 0 Å². The summed E-state index contributed by atoms with van der Waals surface area (Å²) in [6.45, 7) is 0. The maximum atomic E-state index is 12.8. The fraction of sp³-hybridized carbons (Fsp3) is 0.235. The third-order valence-corrected chi connectivity index (χ3v) is 5.40. The smallest absolute Gasteiger partial charge is 0.266 e. The van der Waals surface area contributed by atoms with E-state index in [1.807, 2.05) is 0 Å². The molecule has 7 heteroatoms. The minimum atomic E-state index is -3.91. The zero-order valence-corrected chi connectivity index (χ0v) is 14.2. The molecule has 0 bridgehead atoms. The molecule has 2 aromatic carbocycles. The average molecular weight is 351 g/mol. The van der Waals surface area contributed by atoms with Gasteiger partial charge >= 0.3 is 0 Å². The van der Waals surface area contributed by atoms with Crippen molar-refractivity contribution < 1.29 is 22.3 Å². The lowest BCUT2D eigenvalue weighted by atomic mass is 10.1. The second kappa shape index (κ2) is 7.44. The van der Waals surface area contributed by atoms with E-state index < -0.39 is 15.9 Å². The van der Waals surface area contributed by atoms with E-state index in [4.69, 9.17) is 4.74 Å². The number of sulfonamides is 1. The summed E-state index contributed by atoms with van der Waals surface area (Å²) in [4.78, 5) is 12.2. The van der Waals surface area contributed by atoms with Gasteiger partial charge in [0.2, 0.25) is 5.91 Å². The van der Waals surface area contributed by atoms with Crippen LogP contribution in [-0.2, 0) is 21.2 Å². The van der Waals surface area contributed by atoms with Crippen LogP contribution in [0.5, 0.6) is 5.75 Å². The van der Waals surface area contributed by atoms with Gasteiger partial charge in [-0.25, -0.2) is 17.1 Å². The lowest BCUT2D eigenvalue weighted by Gasteiger charge is -2.17. The van der Waals surface area contributed by atoms with Crippen molar-refractivity contribution in [2.45, 2.75) is 17.7 Å². The Morgan fingerprint density at radius 2 is 1.67 bits per heavy atom. The van der Waals surface area contributed by atoms with Gasteiger partial charge in [-0.05, 0) is 48.4 Å². The number of benzene rings is 2. The van der Waals surface area contributed by atoms with Crippen molar-refractivity contribution in [3.63, 3.8) is 0 Å². The van der Waals surface area contributed by atoms with Crippen molar-refractivity contribution in [1.82, 2.24) is 4.31 Å². The molecule has 0 saturated heterocycles. The Hall–Kier alpha value is -2.41. The van der Waals surface area contributed by atoms with E-state index in [9.17, 15) is 17.6 Å². The van der Waals surface area contributed by atoms with Crippen molar-refractivity contribution in [2.24, 2.45) is 0 Å². The number of carbonyl (C=O) groups excluding carboxylic acids is 1. The first-order valence-corrected chi connectivity index (χ1v) is 8.69. The second-order valence-electron chi connectivity index (χ2n) is 5.17. The number of rotatable bonds is 6. The molecule has 1 amide bonds. The van der Waals surface area contributed by atoms with Crippen LogP contribution < -0.4 is 4.74 Å². The van der Waals surface area contributed by atoms with E-state index in [2.05, 4.69) is 0 Å². The Kier molecular flexibility index (Phi) is 5.56. The highest BCUT2D eigenvalue weighted by Gasteiger charge is 2.25. The Bertz CT molecular complexity index is 801. The largest absolute Gasteiger partial charge is 0.497 e. The summed E-state index contributed by atoms with van der Waals surface area (Å²) in [5.41, 5.74) is 0.764. The number of aryl methyl sites for hydroxylation is 1. The van der Waals surface area contributed by atoms with Crippen LogP contribution in [0.4, 0.5) is 4.39 Å². The van der Waals surface area contributed by atoms with Crippen LogP contribution in [0, 0.1) is 5.82 Å². The van der Waals surface area contributed by atoms with E-state index in [1.165, 1.54) is 50.6 Å². The van der Waals surface area contributed by atoms with Gasteiger partial charge in [0.05, 0.1) is 12.0 Å². The van der Waals surface area contributed by atoms with Gasteiger partial charge in [0.25, 0.3) is 10.0 Å². The molecule has 0 radical (unpaired) electrons. The van der Waals surface area contributed by atoms with Crippen LogP contribution in [0.2, 0.25) is 0 Å². The van der Waals surface area contributed by atoms with Crippen LogP contribution in [0.1, 0.15) is 12.0 Å². The lowest BCUT2D eigenvalue weighted by Crippen LogP contribution is -2.33. The van der Waals surface area contributed by atoms with Crippen molar-refractivity contribution in [3.8, 4) is 5.75 Å². The Morgan fingerprint density at radius 3 is 2.21 bits per heavy atom. The standard InChI is InChI=1S/C17H18FNO4S/c1-19(17(20)12-5-13-3-6-14(18)7-4-13)24(21,22)16-10-8-15(23-2)9-11-16/h3-4,6-11H,5,12H2,1-2H3. The number of carbonyl (C=O) groups is 1. The van der Waals surface area contributed by atoms with E-state index in [0.717, 1.165) is 9.87 Å². The van der Waals surface area contributed by atoms with Gasteiger partial charge in [-0.2, -0.15) is 0 Å². The van der Waals surface area contributed by atoms with Crippen molar-refractivity contribution in [2.75, 3.05) is 14.2 Å². The highest BCUT2D eigenvalue weighted by molar-refractivity contribution is 7.89. The summed E-state index contributed by atoms with van der Waals surface area (Å²) in [6, 6.07) is 11.6. The minimum Gasteiger partial charge on any atom is -0.497 e. The fourth-order valence-electron chi connectivity index (χ4n) is 2.10. The lowest BCUT2D eigenvalue weighted by molar-refractivity contribution is -0.125. The quantitative estimate of drug-likeness (QED) is 0.802. The third kappa shape index (κ3) is 4.11. The van der Waals surface area contributed by atoms with Crippen LogP contribution in [0.25, 0.3) is 0 Å². The van der Waals surface area contributed by atoms with E-state index in [0.29, 0.717) is 12.2 Å². The first kappa shape index (κ1) is 17.9. The highest BCUT2D eigenvalue weighted by atomic mass is 32.2. The van der Waals surface area contributed by atoms with Gasteiger partial charge in [-0.3, -0.25) is 4.79 Å². The number of halogens is 1. The Labute approximate surface area is 140 Å². The van der Waals surface area contributed by atoms with Crippen molar-refractivity contribution in [3.05, 3.63) is 59.9 Å². The third-order valence-electron chi connectivity index (χ3n) is 3.61. The van der Waals surface area contributed by atoms with Gasteiger partial charge in [0, 0.05) is 13.5 Å². The van der Waals surface area contributed by atoms with E-state index >= 15 is 0 Å². The minimum absolute atomic E-state index is 0.0114. The van der Waals surface area contributed by atoms with Crippen LogP contribution in [-0.4, -0.2) is 32.8 Å². The maximum Gasteiger partial charge on any atom is 0.266 e. The molecule has 0 saturated carbocycles. The number of ether oxygens (including phenoxy) is 1. The fourth-order valence-corrected chi connectivity index (χ4v) is 3.26. The number of hydrogen-bond acceptors (Lipinski definition) is 4. The topological polar surface area (TPSA) is 63.7 Å². The predicted octanol–water partition coefficient (Wildman–Crippen LogP) is 2.61. The first-order valence-electron chi connectivity index (χ1n) is 7.25. The summed E-state index contributed by atoms with van der Waals surface area (Å²) in [5, 5.41) is 0. The molecule has 0 spiro atoms. The molecular weight excluding hydrogens is 333 g/mol. The summed E-state index contributed by atoms with van der Waals surface area (Å²) in [5.74, 6) is -0.362. The van der Waals surface area contributed by atoms with Crippen molar-refractivity contribution in [1.29, 1.82) is 0 Å². The molecule has 24 heavy (non-hydrogen) atoms. The normalized spacial score (nSPS) is 11.1. The van der Waals surface area contributed by atoms with Crippen LogP contribution in [0.15, 0.2) is 53.4 Å². The molecular formula is C17H18FNO4S. The van der Waals surface area contributed by atoms with Gasteiger partial charge < -0.3 is 4.74 Å². The summed E-state index contributed by atoms with van der Waals surface area (Å²) in [7, 11) is -1.20. The van der Waals surface area contributed by atoms with Crippen LogP contribution in [0.3, 0.4) is 0 Å². The second-order valence-corrected chi connectivity index (χ2v) is 7.14.